The number of hydrogen-bond donors (Lipinski definition) is 1. The molecule has 4 rings (SSSR count). The van der Waals surface area contributed by atoms with Gasteiger partial charge in [0, 0.05) is 12.0 Å². The van der Waals surface area contributed by atoms with Crippen molar-refractivity contribution in [3.8, 4) is 23.0 Å². The molecule has 35 heavy (non-hydrogen) atoms. The molecule has 6 heteroatoms. The summed E-state index contributed by atoms with van der Waals surface area (Å²) in [6.45, 7) is 5.52. The van der Waals surface area contributed by atoms with Crippen molar-refractivity contribution in [2.24, 2.45) is 5.92 Å². The molecule has 1 saturated carbocycles. The van der Waals surface area contributed by atoms with Gasteiger partial charge in [-0.15, -0.1) is 0 Å². The Labute approximate surface area is 207 Å². The number of carboxylic acid groups (broad SMARTS) is 1. The molecule has 1 aromatic heterocycles. The second-order valence-corrected chi connectivity index (χ2v) is 9.88. The summed E-state index contributed by atoms with van der Waals surface area (Å²) in [5, 5.41) is 9.45. The zero-order valence-electron chi connectivity index (χ0n) is 20.9. The summed E-state index contributed by atoms with van der Waals surface area (Å²) < 4.78 is 17.9. The van der Waals surface area contributed by atoms with Gasteiger partial charge in [0.05, 0.1) is 12.3 Å². The molecule has 1 fully saturated rings. The van der Waals surface area contributed by atoms with Gasteiger partial charge in [-0.1, -0.05) is 50.3 Å². The lowest BCUT2D eigenvalue weighted by atomic mass is 9.84. The fourth-order valence-corrected chi connectivity index (χ4v) is 4.58. The highest BCUT2D eigenvalue weighted by Crippen LogP contribution is 2.33. The predicted molar refractivity (Wildman–Crippen MR) is 135 cm³/mol. The molecule has 0 amide bonds. The van der Waals surface area contributed by atoms with Gasteiger partial charge in [0.1, 0.15) is 17.3 Å². The summed E-state index contributed by atoms with van der Waals surface area (Å²) in [6, 6.07) is 15.5. The summed E-state index contributed by atoms with van der Waals surface area (Å²) in [5.74, 6) is 2.41. The third-order valence-corrected chi connectivity index (χ3v) is 6.66. The highest BCUT2D eigenvalue weighted by molar-refractivity contribution is 5.76. The van der Waals surface area contributed by atoms with E-state index in [0.717, 1.165) is 34.8 Å². The summed E-state index contributed by atoms with van der Waals surface area (Å²) >= 11 is 0. The normalized spacial score (nSPS) is 14.6. The highest BCUT2D eigenvalue weighted by atomic mass is 16.5. The summed E-state index contributed by atoms with van der Waals surface area (Å²) in [4.78, 5) is 16.2. The Bertz CT molecular complexity index is 1130. The maximum Gasteiger partial charge on any atom is 0.347 e. The monoisotopic (exact) mass is 477 g/mol. The van der Waals surface area contributed by atoms with Crippen molar-refractivity contribution < 1.29 is 23.8 Å². The Hall–Kier alpha value is -3.28. The molecule has 1 N–H and O–H groups in total. The van der Waals surface area contributed by atoms with Crippen molar-refractivity contribution in [1.29, 1.82) is 0 Å². The van der Waals surface area contributed by atoms with Crippen LogP contribution >= 0.6 is 0 Å². The highest BCUT2D eigenvalue weighted by Gasteiger charge is 2.30. The first kappa shape index (κ1) is 24.8. The zero-order chi connectivity index (χ0) is 24.8. The van der Waals surface area contributed by atoms with E-state index < -0.39 is 11.6 Å². The molecule has 1 heterocycles. The van der Waals surface area contributed by atoms with Gasteiger partial charge in [0.2, 0.25) is 5.89 Å². The first-order chi connectivity index (χ1) is 16.8. The van der Waals surface area contributed by atoms with E-state index in [1.165, 1.54) is 32.1 Å². The smallest absolute Gasteiger partial charge is 0.347 e. The standard InChI is InChI=1S/C29H35NO5/c1-20-25(30-27(34-20)22-12-8-5-9-13-22)16-17-33-26-15-14-24(35-29(2,3)28(31)32)19-23(26)18-21-10-6-4-7-11-21/h5,8-9,12-15,19,21H,4,6-7,10-11,16-18H2,1-3H3,(H,31,32). The van der Waals surface area contributed by atoms with Crippen molar-refractivity contribution in [2.75, 3.05) is 6.61 Å². The average Bonchev–Trinajstić information content (AvgIpc) is 3.22. The maximum absolute atomic E-state index is 11.5. The summed E-state index contributed by atoms with van der Waals surface area (Å²) in [6.07, 6.45) is 7.79. The Morgan fingerprint density at radius 3 is 2.57 bits per heavy atom. The van der Waals surface area contributed by atoms with Crippen LogP contribution in [0.1, 0.15) is 63.0 Å². The van der Waals surface area contributed by atoms with Crippen molar-refractivity contribution in [3.05, 3.63) is 65.5 Å². The van der Waals surface area contributed by atoms with Crippen LogP contribution in [-0.2, 0) is 17.6 Å². The molecular weight excluding hydrogens is 442 g/mol. The lowest BCUT2D eigenvalue weighted by Gasteiger charge is -2.25. The number of oxazole rings is 1. The SMILES string of the molecule is Cc1oc(-c2ccccc2)nc1CCOc1ccc(OC(C)(C)C(=O)O)cc1CC1CCCCC1. The van der Waals surface area contributed by atoms with E-state index in [0.29, 0.717) is 30.6 Å². The first-order valence-electron chi connectivity index (χ1n) is 12.5. The number of nitrogens with zero attached hydrogens (tertiary/aromatic N) is 1. The molecular formula is C29H35NO5. The minimum atomic E-state index is -1.30. The van der Waals surface area contributed by atoms with Crippen LogP contribution in [0.3, 0.4) is 0 Å². The lowest BCUT2D eigenvalue weighted by molar-refractivity contribution is -0.152. The Morgan fingerprint density at radius 2 is 1.86 bits per heavy atom. The van der Waals surface area contributed by atoms with Gasteiger partial charge in [-0.3, -0.25) is 0 Å². The molecule has 3 aromatic rings. The molecule has 0 unspecified atom stereocenters. The van der Waals surface area contributed by atoms with Gasteiger partial charge in [-0.2, -0.15) is 0 Å². The van der Waals surface area contributed by atoms with Crippen LogP contribution in [0.4, 0.5) is 0 Å². The fraction of sp³-hybridized carbons (Fsp3) is 0.448. The second-order valence-electron chi connectivity index (χ2n) is 9.88. The van der Waals surface area contributed by atoms with E-state index in [1.807, 2.05) is 49.4 Å². The van der Waals surface area contributed by atoms with E-state index in [2.05, 4.69) is 4.98 Å². The van der Waals surface area contributed by atoms with Crippen LogP contribution in [0, 0.1) is 12.8 Å². The van der Waals surface area contributed by atoms with Crippen LogP contribution in [0.5, 0.6) is 11.5 Å². The van der Waals surface area contributed by atoms with Gasteiger partial charge in [0.15, 0.2) is 5.60 Å². The number of carbonyl (C=O) groups is 1. The Kier molecular flexibility index (Phi) is 7.79. The van der Waals surface area contributed by atoms with Crippen molar-refractivity contribution >= 4 is 5.97 Å². The van der Waals surface area contributed by atoms with Gasteiger partial charge >= 0.3 is 5.97 Å². The fourth-order valence-electron chi connectivity index (χ4n) is 4.58. The van der Waals surface area contributed by atoms with Gasteiger partial charge in [0.25, 0.3) is 0 Å². The van der Waals surface area contributed by atoms with Crippen LogP contribution in [0.2, 0.25) is 0 Å². The van der Waals surface area contributed by atoms with Crippen molar-refractivity contribution in [3.63, 3.8) is 0 Å². The molecule has 1 aliphatic rings. The quantitative estimate of drug-likeness (QED) is 0.353. The first-order valence-corrected chi connectivity index (χ1v) is 12.5. The Morgan fingerprint density at radius 1 is 1.11 bits per heavy atom. The lowest BCUT2D eigenvalue weighted by Crippen LogP contribution is -2.37. The number of hydrogen-bond acceptors (Lipinski definition) is 5. The third-order valence-electron chi connectivity index (χ3n) is 6.66. The molecule has 0 atom stereocenters. The minimum Gasteiger partial charge on any atom is -0.493 e. The summed E-state index contributed by atoms with van der Waals surface area (Å²) in [7, 11) is 0. The van der Waals surface area contributed by atoms with Crippen LogP contribution in [-0.4, -0.2) is 28.3 Å². The van der Waals surface area contributed by atoms with Crippen molar-refractivity contribution in [2.45, 2.75) is 71.3 Å². The van der Waals surface area contributed by atoms with E-state index in [-0.39, 0.29) is 0 Å². The number of aliphatic carboxylic acids is 1. The van der Waals surface area contributed by atoms with Crippen molar-refractivity contribution in [1.82, 2.24) is 4.98 Å². The molecule has 1 aliphatic carbocycles. The maximum atomic E-state index is 11.5. The van der Waals surface area contributed by atoms with E-state index in [4.69, 9.17) is 13.9 Å². The largest absolute Gasteiger partial charge is 0.493 e. The van der Waals surface area contributed by atoms with Gasteiger partial charge in [-0.25, -0.2) is 9.78 Å². The predicted octanol–water partition coefficient (Wildman–Crippen LogP) is 6.64. The van der Waals surface area contributed by atoms with E-state index in [9.17, 15) is 9.90 Å². The molecule has 6 nitrogen and oxygen atoms in total. The number of carboxylic acids is 1. The Balaban J connectivity index is 1.47. The number of aryl methyl sites for hydroxylation is 1. The molecule has 0 spiro atoms. The number of rotatable bonds is 10. The topological polar surface area (TPSA) is 81.8 Å². The van der Waals surface area contributed by atoms with Crippen LogP contribution < -0.4 is 9.47 Å². The average molecular weight is 478 g/mol. The zero-order valence-corrected chi connectivity index (χ0v) is 20.9. The molecule has 0 radical (unpaired) electrons. The van der Waals surface area contributed by atoms with E-state index >= 15 is 0 Å². The van der Waals surface area contributed by atoms with E-state index in [1.54, 1.807) is 19.9 Å². The van der Waals surface area contributed by atoms with Gasteiger partial charge < -0.3 is 19.0 Å². The molecule has 0 saturated heterocycles. The number of benzene rings is 2. The molecule has 0 bridgehead atoms. The molecule has 0 aliphatic heterocycles. The number of ether oxygens (including phenoxy) is 2. The second kappa shape index (κ2) is 11.0. The molecule has 2 aromatic carbocycles. The minimum absolute atomic E-state index is 0.472. The van der Waals surface area contributed by atoms with Crippen LogP contribution in [0.25, 0.3) is 11.5 Å². The summed E-state index contributed by atoms with van der Waals surface area (Å²) in [5.41, 5.74) is 1.61. The van der Waals surface area contributed by atoms with Crippen LogP contribution in [0.15, 0.2) is 52.9 Å². The molecule has 186 valence electrons. The third kappa shape index (κ3) is 6.44. The number of aromatic nitrogens is 1. The van der Waals surface area contributed by atoms with Gasteiger partial charge in [-0.05, 0) is 69.0 Å².